The van der Waals surface area contributed by atoms with Gasteiger partial charge in [0.05, 0.1) is 0 Å². The Kier molecular flexibility index (Phi) is 23.5. The van der Waals surface area contributed by atoms with Gasteiger partial charge in [0.25, 0.3) is 0 Å². The molecule has 0 aliphatic heterocycles. The minimum atomic E-state index is -3.20. The summed E-state index contributed by atoms with van der Waals surface area (Å²) in [6.07, 6.45) is 31.8. The van der Waals surface area contributed by atoms with Crippen molar-refractivity contribution in [2.24, 2.45) is 0 Å². The third-order valence-electron chi connectivity index (χ3n) is 9.90. The molecule has 0 fully saturated rings. The molecular weight excluding hydrogens is 583 g/mol. The van der Waals surface area contributed by atoms with Gasteiger partial charge in [0.15, 0.2) is 0 Å². The van der Waals surface area contributed by atoms with Crippen LogP contribution >= 0.6 is 8.25 Å². The van der Waals surface area contributed by atoms with Gasteiger partial charge in [-0.2, -0.15) is 0 Å². The molecule has 2 rings (SSSR count). The Morgan fingerprint density at radius 2 is 0.826 bits per heavy atom. The molecule has 1 atom stereocenters. The van der Waals surface area contributed by atoms with E-state index in [1.807, 2.05) is 0 Å². The lowest BCUT2D eigenvalue weighted by Gasteiger charge is -2.37. The quantitative estimate of drug-likeness (QED) is 0.0673. The second-order valence-electron chi connectivity index (χ2n) is 13.8. The Bertz CT molecular complexity index is 974. The fourth-order valence-electron chi connectivity index (χ4n) is 7.22. The highest BCUT2D eigenvalue weighted by Crippen LogP contribution is 2.47. The maximum absolute atomic E-state index is 12.8. The molecule has 1 unspecified atom stereocenters. The van der Waals surface area contributed by atoms with Crippen LogP contribution in [0.3, 0.4) is 0 Å². The monoisotopic (exact) mass is 655 g/mol. The van der Waals surface area contributed by atoms with Crippen molar-refractivity contribution < 1.29 is 14.0 Å². The van der Waals surface area contributed by atoms with E-state index >= 15 is 0 Å². The molecule has 3 nitrogen and oxygen atoms in total. The average molecular weight is 655 g/mol. The topological polar surface area (TPSA) is 46.5 Å². The number of hydrogen-bond donors (Lipinski definition) is 1. The van der Waals surface area contributed by atoms with Gasteiger partial charge in [-0.3, -0.25) is 9.09 Å². The molecule has 2 aromatic carbocycles. The smallest absolute Gasteiger partial charge is 0.317 e. The summed E-state index contributed by atoms with van der Waals surface area (Å²) >= 11 is 0. The van der Waals surface area contributed by atoms with E-state index in [0.717, 1.165) is 56.1 Å². The lowest BCUT2D eigenvalue weighted by Crippen LogP contribution is -2.32. The molecule has 0 spiro atoms. The van der Waals surface area contributed by atoms with Crippen LogP contribution in [0, 0.1) is 0 Å². The number of unbranched alkanes of at least 4 members (excludes halogenated alkanes) is 20. The number of rotatable bonds is 30. The molecule has 0 radical (unpaired) electrons. The van der Waals surface area contributed by atoms with Gasteiger partial charge >= 0.3 is 8.25 Å². The summed E-state index contributed by atoms with van der Waals surface area (Å²) in [5.41, 5.74) is 3.88. The lowest BCUT2D eigenvalue weighted by atomic mass is 9.76. The summed E-state index contributed by atoms with van der Waals surface area (Å²) in [6.45, 7) is 6.82. The molecule has 4 heteroatoms. The van der Waals surface area contributed by atoms with Gasteiger partial charge in [-0.1, -0.05) is 198 Å². The second-order valence-corrected chi connectivity index (χ2v) is 14.6. The molecule has 2 aromatic rings. The van der Waals surface area contributed by atoms with E-state index in [1.165, 1.54) is 133 Å². The second kappa shape index (κ2) is 26.5. The summed E-state index contributed by atoms with van der Waals surface area (Å²) in [5.74, 6) is 0. The van der Waals surface area contributed by atoms with Crippen LogP contribution in [-0.4, -0.2) is 4.89 Å². The van der Waals surface area contributed by atoms with E-state index in [1.54, 1.807) is 0 Å². The van der Waals surface area contributed by atoms with Crippen molar-refractivity contribution in [1.29, 1.82) is 0 Å². The minimum Gasteiger partial charge on any atom is -0.326 e. The highest BCUT2D eigenvalue weighted by atomic mass is 31.1. The van der Waals surface area contributed by atoms with Gasteiger partial charge < -0.3 is 4.89 Å². The normalized spacial score (nSPS) is 12.5. The van der Waals surface area contributed by atoms with Crippen LogP contribution in [0.1, 0.15) is 197 Å². The zero-order chi connectivity index (χ0) is 33.1. The summed E-state index contributed by atoms with van der Waals surface area (Å²) in [5, 5.41) is 0. The van der Waals surface area contributed by atoms with Crippen LogP contribution in [0.2, 0.25) is 0 Å². The average Bonchev–Trinajstić information content (AvgIpc) is 3.06. The van der Waals surface area contributed by atoms with Gasteiger partial charge in [-0.25, -0.2) is 0 Å². The molecule has 0 amide bonds. The zero-order valence-corrected chi connectivity index (χ0v) is 31.3. The van der Waals surface area contributed by atoms with Crippen molar-refractivity contribution in [2.45, 2.75) is 193 Å². The van der Waals surface area contributed by atoms with Gasteiger partial charge in [0.2, 0.25) is 0 Å². The molecule has 1 N–H and O–H groups in total. The van der Waals surface area contributed by atoms with Gasteiger partial charge in [-0.05, 0) is 60.8 Å². The van der Waals surface area contributed by atoms with Crippen molar-refractivity contribution in [2.75, 3.05) is 0 Å². The van der Waals surface area contributed by atoms with Gasteiger partial charge in [-0.15, -0.1) is 0 Å². The maximum atomic E-state index is 12.8. The third kappa shape index (κ3) is 16.1. The van der Waals surface area contributed by atoms with Crippen molar-refractivity contribution >= 4 is 8.25 Å². The summed E-state index contributed by atoms with van der Waals surface area (Å²) in [4.78, 5) is 10.5. The Labute approximate surface area is 285 Å². The Hall–Kier alpha value is -1.41. The minimum absolute atomic E-state index is 0.738. The van der Waals surface area contributed by atoms with E-state index in [2.05, 4.69) is 69.3 Å². The van der Waals surface area contributed by atoms with Crippen LogP contribution in [0.5, 0.6) is 0 Å². The van der Waals surface area contributed by atoms with Crippen LogP contribution in [0.15, 0.2) is 48.5 Å². The van der Waals surface area contributed by atoms with Crippen molar-refractivity contribution in [3.63, 3.8) is 0 Å². The molecule has 0 aromatic heterocycles. The van der Waals surface area contributed by atoms with Crippen LogP contribution in [0.25, 0.3) is 0 Å². The Morgan fingerprint density at radius 1 is 0.500 bits per heavy atom. The van der Waals surface area contributed by atoms with E-state index in [-0.39, 0.29) is 0 Å². The Morgan fingerprint density at radius 3 is 1.20 bits per heavy atom. The molecule has 0 aliphatic rings. The van der Waals surface area contributed by atoms with Gasteiger partial charge in [0, 0.05) is 0 Å². The standard InChI is InChI=1S/C42H71O3P/c1-4-7-10-13-16-17-20-23-30-37-42(45-46(43)44,40-35-28-26-33-38(40)31-24-21-18-14-11-8-5-2)41-36-29-27-34-39(41)32-25-22-19-15-12-9-6-3/h26-29,33-36,46H,4-25,30-32,37H2,1-3H3,(H,43,44). The molecule has 0 aliphatic carbocycles. The van der Waals surface area contributed by atoms with E-state index < -0.39 is 13.9 Å². The Balaban J connectivity index is 2.30. The van der Waals surface area contributed by atoms with E-state index in [9.17, 15) is 9.46 Å². The van der Waals surface area contributed by atoms with Crippen LogP contribution in [-0.2, 0) is 27.5 Å². The van der Waals surface area contributed by atoms with E-state index in [0.29, 0.717) is 0 Å². The van der Waals surface area contributed by atoms with Crippen LogP contribution in [0.4, 0.5) is 0 Å². The molecule has 262 valence electrons. The van der Waals surface area contributed by atoms with Crippen molar-refractivity contribution in [3.8, 4) is 0 Å². The third-order valence-corrected chi connectivity index (χ3v) is 10.4. The van der Waals surface area contributed by atoms with Crippen LogP contribution < -0.4 is 0 Å². The predicted octanol–water partition coefficient (Wildman–Crippen LogP) is 13.8. The molecule has 0 bridgehead atoms. The first-order valence-electron chi connectivity index (χ1n) is 19.7. The zero-order valence-electron chi connectivity index (χ0n) is 30.3. The highest BCUT2D eigenvalue weighted by molar-refractivity contribution is 7.32. The fourth-order valence-corrected chi connectivity index (χ4v) is 7.84. The summed E-state index contributed by atoms with van der Waals surface area (Å²) < 4.78 is 19.2. The number of aryl methyl sites for hydroxylation is 2. The SMILES string of the molecule is CCCCCCCCCCCC(O[PH](=O)O)(c1ccccc1CCCCCCCCC)c1ccccc1CCCCCCCCC. The van der Waals surface area contributed by atoms with Gasteiger partial charge in [0.1, 0.15) is 5.60 Å². The first kappa shape index (κ1) is 40.8. The molecular formula is C42H71O3P. The fraction of sp³-hybridized carbons (Fsp3) is 0.714. The van der Waals surface area contributed by atoms with E-state index in [4.69, 9.17) is 4.52 Å². The molecule has 0 heterocycles. The molecule has 46 heavy (non-hydrogen) atoms. The molecule has 0 saturated carbocycles. The number of hydrogen-bond acceptors (Lipinski definition) is 2. The first-order valence-corrected chi connectivity index (χ1v) is 20.9. The first-order chi connectivity index (χ1) is 22.6. The summed E-state index contributed by atoms with van der Waals surface area (Å²) in [7, 11) is -3.20. The highest BCUT2D eigenvalue weighted by Gasteiger charge is 2.39. The molecule has 0 saturated heterocycles. The summed E-state index contributed by atoms with van der Waals surface area (Å²) in [6, 6.07) is 17.4. The maximum Gasteiger partial charge on any atom is 0.317 e. The lowest BCUT2D eigenvalue weighted by molar-refractivity contribution is 0.0893. The number of benzene rings is 2. The van der Waals surface area contributed by atoms with Crippen molar-refractivity contribution in [3.05, 3.63) is 70.8 Å². The van der Waals surface area contributed by atoms with Crippen molar-refractivity contribution in [1.82, 2.24) is 0 Å². The largest absolute Gasteiger partial charge is 0.326 e. The predicted molar refractivity (Wildman–Crippen MR) is 201 cm³/mol.